The van der Waals surface area contributed by atoms with E-state index < -0.39 is 5.41 Å². The largest absolute Gasteiger partial charge is 0.308 e. The first-order valence-electron chi connectivity index (χ1n) is 19.0. The van der Waals surface area contributed by atoms with E-state index in [0.29, 0.717) is 0 Å². The highest BCUT2D eigenvalue weighted by Crippen LogP contribution is 2.65. The van der Waals surface area contributed by atoms with Gasteiger partial charge in [-0.1, -0.05) is 170 Å². The first-order valence-corrected chi connectivity index (χ1v) is 19.8. The number of anilines is 3. The number of fused-ring (bicyclic) bond motifs is 15. The molecule has 1 nitrogen and oxygen atoms in total. The Kier molecular flexibility index (Phi) is 6.49. The molecule has 0 N–H and O–H groups in total. The van der Waals surface area contributed by atoms with Crippen LogP contribution in [0.25, 0.3) is 64.3 Å². The molecule has 0 aliphatic heterocycles. The van der Waals surface area contributed by atoms with Crippen LogP contribution < -0.4 is 4.90 Å². The molecule has 256 valence electrons. The second kappa shape index (κ2) is 11.6. The average molecular weight is 716 g/mol. The fourth-order valence-corrected chi connectivity index (χ4v) is 11.1. The molecule has 0 atom stereocenters. The lowest BCUT2D eigenvalue weighted by Gasteiger charge is -2.32. The van der Waals surface area contributed by atoms with E-state index in [1.54, 1.807) is 0 Å². The van der Waals surface area contributed by atoms with Crippen LogP contribution in [-0.4, -0.2) is 0 Å². The third kappa shape index (κ3) is 4.18. The summed E-state index contributed by atoms with van der Waals surface area (Å²) in [5, 5.41) is 5.16. The fraction of sp³-hybridized carbons (Fsp3) is 0.0189. The zero-order valence-electron chi connectivity index (χ0n) is 29.9. The van der Waals surface area contributed by atoms with Crippen LogP contribution in [0, 0.1) is 0 Å². The Labute approximate surface area is 324 Å². The van der Waals surface area contributed by atoms with Crippen molar-refractivity contribution in [2.75, 3.05) is 4.90 Å². The predicted molar refractivity (Wildman–Crippen MR) is 233 cm³/mol. The van der Waals surface area contributed by atoms with Gasteiger partial charge in [-0.05, 0) is 91.2 Å². The molecule has 0 radical (unpaired) electrons. The van der Waals surface area contributed by atoms with Crippen molar-refractivity contribution >= 4 is 59.3 Å². The average Bonchev–Trinajstić information content (AvgIpc) is 3.90. The minimum Gasteiger partial charge on any atom is -0.308 e. The molecule has 2 aliphatic rings. The summed E-state index contributed by atoms with van der Waals surface area (Å²) < 4.78 is 2.60. The molecule has 2 aliphatic carbocycles. The number of rotatable bonds is 4. The van der Waals surface area contributed by atoms with Gasteiger partial charge in [0, 0.05) is 26.7 Å². The minimum absolute atomic E-state index is 0.422. The van der Waals surface area contributed by atoms with Gasteiger partial charge in [0.05, 0.1) is 21.5 Å². The van der Waals surface area contributed by atoms with Crippen molar-refractivity contribution < 1.29 is 0 Å². The maximum atomic E-state index is 2.56. The van der Waals surface area contributed by atoms with Gasteiger partial charge >= 0.3 is 0 Å². The van der Waals surface area contributed by atoms with E-state index in [4.69, 9.17) is 0 Å². The van der Waals surface area contributed by atoms with Crippen LogP contribution in [0.15, 0.2) is 200 Å². The second-order valence-electron chi connectivity index (χ2n) is 14.8. The number of thiophene rings is 1. The Balaban J connectivity index is 1.20. The van der Waals surface area contributed by atoms with Crippen molar-refractivity contribution in [1.82, 2.24) is 0 Å². The van der Waals surface area contributed by atoms with Gasteiger partial charge in [-0.3, -0.25) is 0 Å². The quantitative estimate of drug-likeness (QED) is 0.175. The summed E-state index contributed by atoms with van der Waals surface area (Å²) in [4.78, 5) is 2.56. The molecule has 0 bridgehead atoms. The monoisotopic (exact) mass is 715 g/mol. The smallest absolute Gasteiger partial charge is 0.0726 e. The van der Waals surface area contributed by atoms with Gasteiger partial charge in [0.25, 0.3) is 0 Å². The summed E-state index contributed by atoms with van der Waals surface area (Å²) in [5.74, 6) is 0. The lowest BCUT2D eigenvalue weighted by Crippen LogP contribution is -2.26. The Hall–Kier alpha value is -6.74. The second-order valence-corrected chi connectivity index (χ2v) is 15.8. The van der Waals surface area contributed by atoms with Crippen molar-refractivity contribution in [2.24, 2.45) is 0 Å². The first-order chi connectivity index (χ1) is 27.3. The van der Waals surface area contributed by atoms with E-state index in [1.165, 1.54) is 98.0 Å². The Morgan fingerprint density at radius 2 is 0.964 bits per heavy atom. The number of hydrogen-bond donors (Lipinski definition) is 0. The predicted octanol–water partition coefficient (Wildman–Crippen LogP) is 14.7. The Bertz CT molecular complexity index is 3110. The Morgan fingerprint density at radius 3 is 1.71 bits per heavy atom. The van der Waals surface area contributed by atoms with Crippen LogP contribution in [0.5, 0.6) is 0 Å². The van der Waals surface area contributed by atoms with Gasteiger partial charge < -0.3 is 4.90 Å². The van der Waals surface area contributed by atoms with Crippen molar-refractivity contribution in [1.29, 1.82) is 0 Å². The molecule has 12 rings (SSSR count). The molecule has 55 heavy (non-hydrogen) atoms. The third-order valence-corrected chi connectivity index (χ3v) is 13.3. The van der Waals surface area contributed by atoms with E-state index in [1.807, 2.05) is 11.3 Å². The van der Waals surface area contributed by atoms with Crippen LogP contribution >= 0.6 is 11.3 Å². The van der Waals surface area contributed by atoms with Crippen molar-refractivity contribution in [3.63, 3.8) is 0 Å². The lowest BCUT2D eigenvalue weighted by atomic mass is 9.70. The number of hydrogen-bond acceptors (Lipinski definition) is 2. The van der Waals surface area contributed by atoms with Crippen LogP contribution in [0.3, 0.4) is 0 Å². The molecule has 1 heterocycles. The minimum atomic E-state index is -0.422. The zero-order valence-corrected chi connectivity index (χ0v) is 30.7. The highest BCUT2D eigenvalue weighted by molar-refractivity contribution is 7.26. The molecule has 0 fully saturated rings. The molecule has 2 heteroatoms. The van der Waals surface area contributed by atoms with Crippen LogP contribution in [0.1, 0.15) is 22.3 Å². The van der Waals surface area contributed by atoms with E-state index in [9.17, 15) is 0 Å². The van der Waals surface area contributed by atoms with E-state index in [2.05, 4.69) is 205 Å². The van der Waals surface area contributed by atoms with E-state index >= 15 is 0 Å². The maximum absolute atomic E-state index is 2.56. The maximum Gasteiger partial charge on any atom is 0.0726 e. The Morgan fingerprint density at radius 1 is 0.400 bits per heavy atom. The summed E-state index contributed by atoms with van der Waals surface area (Å²) in [5.41, 5.74) is 16.1. The van der Waals surface area contributed by atoms with Crippen molar-refractivity contribution in [3.05, 3.63) is 222 Å². The van der Waals surface area contributed by atoms with E-state index in [-0.39, 0.29) is 0 Å². The SMILES string of the molecule is c1ccc(-c2ccc(N(c3cccc4c3-c3ccccc3C43c4ccccc4-c4ccccc43)c3cc4ccccc4c4c3sc3ccccc34)cc2)cc1. The normalized spacial score (nSPS) is 13.2. The van der Waals surface area contributed by atoms with Gasteiger partial charge in [0.15, 0.2) is 0 Å². The summed E-state index contributed by atoms with van der Waals surface area (Å²) in [7, 11) is 0. The van der Waals surface area contributed by atoms with Gasteiger partial charge in [0.1, 0.15) is 0 Å². The van der Waals surface area contributed by atoms with Crippen LogP contribution in [0.2, 0.25) is 0 Å². The zero-order chi connectivity index (χ0) is 36.1. The molecule has 0 amide bonds. The molecule has 0 saturated heterocycles. The first kappa shape index (κ1) is 30.7. The summed E-state index contributed by atoms with van der Waals surface area (Å²) in [6.45, 7) is 0. The third-order valence-electron chi connectivity index (χ3n) is 12.1. The molecule has 0 unspecified atom stereocenters. The van der Waals surface area contributed by atoms with Gasteiger partial charge in [-0.15, -0.1) is 11.3 Å². The van der Waals surface area contributed by atoms with Crippen molar-refractivity contribution in [3.8, 4) is 33.4 Å². The summed E-state index contributed by atoms with van der Waals surface area (Å²) in [6.07, 6.45) is 0. The van der Waals surface area contributed by atoms with E-state index in [0.717, 1.165) is 5.69 Å². The van der Waals surface area contributed by atoms with Gasteiger partial charge in [-0.2, -0.15) is 0 Å². The molecule has 1 aromatic heterocycles. The fourth-order valence-electron chi connectivity index (χ4n) is 9.87. The molecule has 9 aromatic carbocycles. The molecule has 1 spiro atoms. The van der Waals surface area contributed by atoms with Gasteiger partial charge in [-0.25, -0.2) is 0 Å². The molecule has 0 saturated carbocycles. The summed E-state index contributed by atoms with van der Waals surface area (Å²) >= 11 is 1.90. The molecular weight excluding hydrogens is 683 g/mol. The van der Waals surface area contributed by atoms with Crippen LogP contribution in [0.4, 0.5) is 17.1 Å². The number of nitrogens with zero attached hydrogens (tertiary/aromatic N) is 1. The summed E-state index contributed by atoms with van der Waals surface area (Å²) in [6, 6.07) is 74.4. The molecular formula is C53H33NS. The number of benzene rings is 9. The highest BCUT2D eigenvalue weighted by Gasteiger charge is 2.52. The van der Waals surface area contributed by atoms with Crippen LogP contribution in [-0.2, 0) is 5.41 Å². The standard InChI is InChI=1S/C53H33NS/c1-2-15-34(16-3-1)35-29-31-37(32-30-35)54(48-33-36-17-4-5-18-38(36)50-42-22-9-13-28-49(42)55-52(48)50)47-27-14-26-46-51(47)41-21-8-12-25-45(41)53(46)43-23-10-6-19-39(43)40-20-7-11-24-44(40)53/h1-33H. The highest BCUT2D eigenvalue weighted by atomic mass is 32.1. The topological polar surface area (TPSA) is 3.24 Å². The molecule has 10 aromatic rings. The van der Waals surface area contributed by atoms with Crippen molar-refractivity contribution in [2.45, 2.75) is 5.41 Å². The van der Waals surface area contributed by atoms with Gasteiger partial charge in [0.2, 0.25) is 0 Å². The lowest BCUT2D eigenvalue weighted by molar-refractivity contribution is 0.794.